The van der Waals surface area contributed by atoms with Crippen LogP contribution >= 0.6 is 0 Å². The summed E-state index contributed by atoms with van der Waals surface area (Å²) in [5.41, 5.74) is 1.17. The number of amides is 1. The van der Waals surface area contributed by atoms with E-state index in [0.717, 1.165) is 0 Å². The average molecular weight is 374 g/mol. The first-order chi connectivity index (χ1) is 12.4. The third-order valence-electron chi connectivity index (χ3n) is 5.07. The average Bonchev–Trinajstić information content (AvgIpc) is 2.93. The molecule has 0 bridgehead atoms. The molecule has 5 nitrogen and oxygen atoms in total. The fourth-order valence-corrected chi connectivity index (χ4v) is 5.88. The molecule has 0 aromatic heterocycles. The van der Waals surface area contributed by atoms with Crippen LogP contribution in [0, 0.1) is 5.82 Å². The lowest BCUT2D eigenvalue weighted by Gasteiger charge is -2.43. The van der Waals surface area contributed by atoms with Crippen LogP contribution in [-0.2, 0) is 21.2 Å². The van der Waals surface area contributed by atoms with Gasteiger partial charge in [0.05, 0.1) is 24.1 Å². The molecule has 2 aromatic carbocycles. The van der Waals surface area contributed by atoms with Gasteiger partial charge in [-0.25, -0.2) is 12.8 Å². The summed E-state index contributed by atoms with van der Waals surface area (Å²) >= 11 is 0. The topological polar surface area (TPSA) is 57.7 Å². The third kappa shape index (κ3) is 3.12. The van der Waals surface area contributed by atoms with Gasteiger partial charge in [-0.1, -0.05) is 36.4 Å². The molecule has 2 fully saturated rings. The normalized spacial score (nSPS) is 25.3. The molecule has 0 spiro atoms. The molecular weight excluding hydrogens is 355 g/mol. The number of carbonyl (C=O) groups excluding carboxylic acids is 1. The van der Waals surface area contributed by atoms with Gasteiger partial charge in [0.1, 0.15) is 5.82 Å². The maximum atomic E-state index is 14.0. The van der Waals surface area contributed by atoms with Gasteiger partial charge in [-0.3, -0.25) is 9.69 Å². The van der Waals surface area contributed by atoms with Crippen LogP contribution in [0.1, 0.15) is 5.56 Å². The van der Waals surface area contributed by atoms with E-state index in [1.165, 1.54) is 6.07 Å². The van der Waals surface area contributed by atoms with Gasteiger partial charge in [0.25, 0.3) is 0 Å². The van der Waals surface area contributed by atoms with Crippen LogP contribution in [0.4, 0.5) is 10.1 Å². The van der Waals surface area contributed by atoms with E-state index in [-0.39, 0.29) is 42.4 Å². The van der Waals surface area contributed by atoms with Gasteiger partial charge >= 0.3 is 0 Å². The van der Waals surface area contributed by atoms with E-state index in [0.29, 0.717) is 11.3 Å². The molecule has 2 saturated heterocycles. The highest BCUT2D eigenvalue weighted by Crippen LogP contribution is 2.32. The Bertz CT molecular complexity index is 933. The van der Waals surface area contributed by atoms with Gasteiger partial charge in [0, 0.05) is 23.8 Å². The number of hydrogen-bond acceptors (Lipinski definition) is 4. The van der Waals surface area contributed by atoms with Crippen molar-refractivity contribution in [1.29, 1.82) is 0 Å². The SMILES string of the molecule is O=C1CN(Cc2ccccc2F)[C@H]2CS(=O)(=O)C[C@@H]2N1c1ccccc1. The zero-order valence-corrected chi connectivity index (χ0v) is 14.9. The van der Waals surface area contributed by atoms with Crippen LogP contribution in [0.2, 0.25) is 0 Å². The molecule has 4 rings (SSSR count). The predicted molar refractivity (Wildman–Crippen MR) is 97.0 cm³/mol. The number of anilines is 1. The largest absolute Gasteiger partial charge is 0.306 e. The standard InChI is InChI=1S/C19H19FN2O3S/c20-16-9-5-4-6-14(16)10-21-11-19(23)22(15-7-2-1-3-8-15)18-13-26(24,25)12-17(18)21/h1-9,17-18H,10-13H2/t17-,18-/m0/s1. The first-order valence-corrected chi connectivity index (χ1v) is 10.3. The summed E-state index contributed by atoms with van der Waals surface area (Å²) in [6, 6.07) is 14.7. The molecule has 136 valence electrons. The number of carbonyl (C=O) groups is 1. The Morgan fingerprint density at radius 2 is 1.62 bits per heavy atom. The van der Waals surface area contributed by atoms with Crippen molar-refractivity contribution in [2.45, 2.75) is 18.6 Å². The Morgan fingerprint density at radius 1 is 0.962 bits per heavy atom. The van der Waals surface area contributed by atoms with Gasteiger partial charge in [-0.15, -0.1) is 0 Å². The van der Waals surface area contributed by atoms with Crippen LogP contribution in [0.5, 0.6) is 0 Å². The Morgan fingerprint density at radius 3 is 2.35 bits per heavy atom. The number of halogens is 1. The predicted octanol–water partition coefficient (Wildman–Crippen LogP) is 1.84. The Labute approximate surface area is 152 Å². The van der Waals surface area contributed by atoms with Gasteiger partial charge in [0.2, 0.25) is 5.91 Å². The van der Waals surface area contributed by atoms with Crippen LogP contribution in [0.25, 0.3) is 0 Å². The summed E-state index contributed by atoms with van der Waals surface area (Å²) in [6.45, 7) is 0.289. The Kier molecular flexibility index (Phi) is 4.28. The Balaban J connectivity index is 1.68. The van der Waals surface area contributed by atoms with Crippen LogP contribution in [0.3, 0.4) is 0 Å². The molecule has 1 amide bonds. The molecule has 26 heavy (non-hydrogen) atoms. The van der Waals surface area contributed by atoms with Gasteiger partial charge in [-0.05, 0) is 18.2 Å². The van der Waals surface area contributed by atoms with E-state index < -0.39 is 15.9 Å². The van der Waals surface area contributed by atoms with E-state index in [4.69, 9.17) is 0 Å². The summed E-state index contributed by atoms with van der Waals surface area (Å²) in [7, 11) is -3.26. The third-order valence-corrected chi connectivity index (χ3v) is 6.77. The van der Waals surface area contributed by atoms with Gasteiger partial charge in [-0.2, -0.15) is 0 Å². The second kappa shape index (κ2) is 6.48. The second-order valence-corrected chi connectivity index (χ2v) is 8.96. The molecule has 2 aromatic rings. The van der Waals surface area contributed by atoms with E-state index >= 15 is 0 Å². The smallest absolute Gasteiger partial charge is 0.241 e. The fourth-order valence-electron chi connectivity index (χ4n) is 3.90. The molecule has 2 aliphatic heterocycles. The van der Waals surface area contributed by atoms with Crippen LogP contribution < -0.4 is 4.90 Å². The van der Waals surface area contributed by atoms with Crippen LogP contribution in [-0.4, -0.2) is 49.4 Å². The molecule has 7 heteroatoms. The minimum Gasteiger partial charge on any atom is -0.306 e. The Hall–Kier alpha value is -2.25. The summed E-state index contributed by atoms with van der Waals surface area (Å²) < 4.78 is 38.7. The number of rotatable bonds is 3. The lowest BCUT2D eigenvalue weighted by atomic mass is 10.0. The first kappa shape index (κ1) is 17.2. The lowest BCUT2D eigenvalue weighted by molar-refractivity contribution is -0.123. The van der Waals surface area contributed by atoms with Crippen molar-refractivity contribution >= 4 is 21.4 Å². The molecule has 2 aliphatic rings. The van der Waals surface area contributed by atoms with Crippen molar-refractivity contribution in [2.75, 3.05) is 23.0 Å². The maximum absolute atomic E-state index is 14.0. The molecule has 2 heterocycles. The van der Waals surface area contributed by atoms with Crippen molar-refractivity contribution in [3.05, 3.63) is 66.0 Å². The summed E-state index contributed by atoms with van der Waals surface area (Å²) in [6.07, 6.45) is 0. The van der Waals surface area contributed by atoms with Crippen molar-refractivity contribution in [3.63, 3.8) is 0 Å². The molecule has 0 aliphatic carbocycles. The number of sulfone groups is 1. The number of piperazine rings is 1. The lowest BCUT2D eigenvalue weighted by Crippen LogP contribution is -2.61. The molecule has 0 N–H and O–H groups in total. The summed E-state index contributed by atoms with van der Waals surface area (Å²) in [5, 5.41) is 0. The monoisotopic (exact) mass is 374 g/mol. The van der Waals surface area contributed by atoms with Gasteiger partial charge in [0.15, 0.2) is 9.84 Å². The zero-order chi connectivity index (χ0) is 18.3. The van der Waals surface area contributed by atoms with Crippen molar-refractivity contribution in [3.8, 4) is 0 Å². The molecule has 0 radical (unpaired) electrons. The van der Waals surface area contributed by atoms with Gasteiger partial charge < -0.3 is 4.90 Å². The minimum absolute atomic E-state index is 0.0112. The molecular formula is C19H19FN2O3S. The highest BCUT2D eigenvalue weighted by atomic mass is 32.2. The van der Waals surface area contributed by atoms with Crippen molar-refractivity contribution in [2.24, 2.45) is 0 Å². The highest BCUT2D eigenvalue weighted by Gasteiger charge is 2.49. The molecule has 2 atom stereocenters. The summed E-state index contributed by atoms with van der Waals surface area (Å²) in [5.74, 6) is -0.580. The minimum atomic E-state index is -3.26. The van der Waals surface area contributed by atoms with E-state index in [2.05, 4.69) is 0 Å². The number of hydrogen-bond donors (Lipinski definition) is 0. The van der Waals surface area contributed by atoms with E-state index in [9.17, 15) is 17.6 Å². The zero-order valence-electron chi connectivity index (χ0n) is 14.1. The molecule has 0 saturated carbocycles. The van der Waals surface area contributed by atoms with Crippen molar-refractivity contribution < 1.29 is 17.6 Å². The molecule has 0 unspecified atom stereocenters. The maximum Gasteiger partial charge on any atom is 0.241 e. The fraction of sp³-hybridized carbons (Fsp3) is 0.316. The summed E-state index contributed by atoms with van der Waals surface area (Å²) in [4.78, 5) is 16.2. The van der Waals surface area contributed by atoms with E-state index in [1.807, 2.05) is 30.3 Å². The number of benzene rings is 2. The van der Waals surface area contributed by atoms with Crippen molar-refractivity contribution in [1.82, 2.24) is 4.90 Å². The van der Waals surface area contributed by atoms with Crippen LogP contribution in [0.15, 0.2) is 54.6 Å². The number of para-hydroxylation sites is 1. The first-order valence-electron chi connectivity index (χ1n) is 8.49. The number of nitrogens with zero attached hydrogens (tertiary/aromatic N) is 2. The van der Waals surface area contributed by atoms with E-state index in [1.54, 1.807) is 28.0 Å². The number of fused-ring (bicyclic) bond motifs is 1. The highest BCUT2D eigenvalue weighted by molar-refractivity contribution is 7.91. The second-order valence-electron chi connectivity index (χ2n) is 6.81. The quantitative estimate of drug-likeness (QED) is 0.823.